The number of hydrogen-bond donors (Lipinski definition) is 0. The van der Waals surface area contributed by atoms with E-state index in [-0.39, 0.29) is 12.4 Å². The van der Waals surface area contributed by atoms with Crippen LogP contribution in [0.1, 0.15) is 36.9 Å². The van der Waals surface area contributed by atoms with Crippen molar-refractivity contribution >= 4 is 23.4 Å². The number of ether oxygens (including phenoxy) is 1. The molecule has 4 rings (SSSR count). The molecule has 1 fully saturated rings. The molecule has 20 heavy (non-hydrogen) atoms. The van der Waals surface area contributed by atoms with Crippen molar-refractivity contribution in [3.63, 3.8) is 0 Å². The van der Waals surface area contributed by atoms with Crippen molar-refractivity contribution in [1.82, 2.24) is 14.5 Å². The van der Waals surface area contributed by atoms with E-state index in [1.54, 1.807) is 0 Å². The minimum absolute atomic E-state index is 0. The monoisotopic (exact) mass is 293 g/mol. The van der Waals surface area contributed by atoms with Gasteiger partial charge in [0.1, 0.15) is 5.52 Å². The molecule has 1 aliphatic carbocycles. The van der Waals surface area contributed by atoms with Gasteiger partial charge in [-0.1, -0.05) is 0 Å². The zero-order valence-corrected chi connectivity index (χ0v) is 12.4. The van der Waals surface area contributed by atoms with Gasteiger partial charge in [-0.15, -0.1) is 12.4 Å². The molecule has 0 radical (unpaired) electrons. The molecule has 0 bridgehead atoms. The van der Waals surface area contributed by atoms with Gasteiger partial charge in [-0.05, 0) is 44.1 Å². The van der Waals surface area contributed by atoms with Crippen LogP contribution in [0.5, 0.6) is 0 Å². The van der Waals surface area contributed by atoms with Crippen molar-refractivity contribution in [2.24, 2.45) is 0 Å². The van der Waals surface area contributed by atoms with Crippen molar-refractivity contribution in [3.8, 4) is 0 Å². The number of aromatic nitrogens is 3. The van der Waals surface area contributed by atoms with E-state index in [9.17, 15) is 0 Å². The van der Waals surface area contributed by atoms with Crippen molar-refractivity contribution < 1.29 is 4.74 Å². The summed E-state index contributed by atoms with van der Waals surface area (Å²) in [5.41, 5.74) is 5.06. The van der Waals surface area contributed by atoms with E-state index < -0.39 is 0 Å². The van der Waals surface area contributed by atoms with Crippen molar-refractivity contribution in [1.29, 1.82) is 0 Å². The highest BCUT2D eigenvalue weighted by Gasteiger charge is 2.20. The number of hydrogen-bond acceptors (Lipinski definition) is 3. The summed E-state index contributed by atoms with van der Waals surface area (Å²) in [5.74, 6) is 0. The van der Waals surface area contributed by atoms with Crippen molar-refractivity contribution in [2.45, 2.75) is 51.2 Å². The van der Waals surface area contributed by atoms with Crippen molar-refractivity contribution in [3.05, 3.63) is 23.8 Å². The van der Waals surface area contributed by atoms with Crippen LogP contribution in [-0.2, 0) is 24.1 Å². The number of pyridine rings is 1. The molecule has 2 aromatic rings. The molecule has 5 heteroatoms. The summed E-state index contributed by atoms with van der Waals surface area (Å²) in [4.78, 5) is 9.10. The Morgan fingerprint density at radius 3 is 2.95 bits per heavy atom. The van der Waals surface area contributed by atoms with E-state index in [1.807, 2.05) is 12.5 Å². The Bertz CT molecular complexity index is 604. The molecule has 2 aromatic heterocycles. The van der Waals surface area contributed by atoms with E-state index in [2.05, 4.69) is 14.5 Å². The molecular formula is C15H20ClN3O. The van der Waals surface area contributed by atoms with E-state index in [1.165, 1.54) is 42.5 Å². The van der Waals surface area contributed by atoms with Crippen LogP contribution >= 0.6 is 12.4 Å². The van der Waals surface area contributed by atoms with Crippen LogP contribution in [0.15, 0.2) is 12.5 Å². The highest BCUT2D eigenvalue weighted by atomic mass is 35.5. The van der Waals surface area contributed by atoms with Gasteiger partial charge in [0.15, 0.2) is 0 Å². The smallest absolute Gasteiger partial charge is 0.107 e. The van der Waals surface area contributed by atoms with Gasteiger partial charge in [0.2, 0.25) is 0 Å². The van der Waals surface area contributed by atoms with Crippen LogP contribution < -0.4 is 0 Å². The number of halogens is 1. The topological polar surface area (TPSA) is 39.9 Å². The SMILES string of the molecule is Cl.c1nc2c(c3c1ncn3C[C@@H]1CCCO1)CCCC2. The molecule has 1 atom stereocenters. The summed E-state index contributed by atoms with van der Waals surface area (Å²) in [5, 5.41) is 0. The highest BCUT2D eigenvalue weighted by molar-refractivity contribution is 5.85. The molecule has 2 aliphatic rings. The lowest BCUT2D eigenvalue weighted by Crippen LogP contribution is -2.15. The van der Waals surface area contributed by atoms with Gasteiger partial charge in [0, 0.05) is 12.3 Å². The van der Waals surface area contributed by atoms with Gasteiger partial charge in [-0.3, -0.25) is 4.98 Å². The second kappa shape index (κ2) is 5.70. The molecule has 108 valence electrons. The van der Waals surface area contributed by atoms with Crippen molar-refractivity contribution in [2.75, 3.05) is 6.61 Å². The Morgan fingerprint density at radius 1 is 1.20 bits per heavy atom. The first kappa shape index (κ1) is 13.8. The van der Waals surface area contributed by atoms with Crippen LogP contribution in [0.2, 0.25) is 0 Å². The third kappa shape index (κ3) is 2.31. The maximum atomic E-state index is 5.76. The molecule has 4 nitrogen and oxygen atoms in total. The fourth-order valence-electron chi connectivity index (χ4n) is 3.39. The molecule has 0 N–H and O–H groups in total. The molecule has 0 amide bonds. The third-order valence-corrected chi connectivity index (χ3v) is 4.36. The molecule has 1 saturated heterocycles. The summed E-state index contributed by atoms with van der Waals surface area (Å²) >= 11 is 0. The minimum Gasteiger partial charge on any atom is -0.376 e. The first-order valence-electron chi connectivity index (χ1n) is 7.35. The zero-order valence-electron chi connectivity index (χ0n) is 11.5. The van der Waals surface area contributed by atoms with Crippen LogP contribution in [-0.4, -0.2) is 27.2 Å². The van der Waals surface area contributed by atoms with Crippen LogP contribution in [0.3, 0.4) is 0 Å². The summed E-state index contributed by atoms with van der Waals surface area (Å²) in [7, 11) is 0. The quantitative estimate of drug-likeness (QED) is 0.855. The normalized spacial score (nSPS) is 21.7. The second-order valence-corrected chi connectivity index (χ2v) is 5.66. The Morgan fingerprint density at radius 2 is 2.10 bits per heavy atom. The average Bonchev–Trinajstić information content (AvgIpc) is 3.09. The van der Waals surface area contributed by atoms with E-state index >= 15 is 0 Å². The minimum atomic E-state index is 0. The molecule has 0 spiro atoms. The Kier molecular flexibility index (Phi) is 3.94. The molecule has 0 aromatic carbocycles. The maximum absolute atomic E-state index is 5.76. The standard InChI is InChI=1S/C15H19N3O.ClH/c1-2-6-13-12(5-1)15-14(8-16-13)17-10-18(15)9-11-4-3-7-19-11;/h8,10-11H,1-7,9H2;1H/t11-;/m0./s1. The number of aryl methyl sites for hydroxylation is 2. The Labute approximate surface area is 125 Å². The van der Waals surface area contributed by atoms with Gasteiger partial charge in [-0.2, -0.15) is 0 Å². The Hall–Kier alpha value is -1.13. The van der Waals surface area contributed by atoms with Crippen LogP contribution in [0, 0.1) is 0 Å². The number of imidazole rings is 1. The third-order valence-electron chi connectivity index (χ3n) is 4.36. The van der Waals surface area contributed by atoms with E-state index in [0.29, 0.717) is 6.10 Å². The van der Waals surface area contributed by atoms with Crippen LogP contribution in [0.4, 0.5) is 0 Å². The number of rotatable bonds is 2. The molecule has 0 saturated carbocycles. The fourth-order valence-corrected chi connectivity index (χ4v) is 3.39. The van der Waals surface area contributed by atoms with E-state index in [0.717, 1.165) is 31.5 Å². The molecule has 0 unspecified atom stereocenters. The average molecular weight is 294 g/mol. The van der Waals surface area contributed by atoms with Gasteiger partial charge in [0.05, 0.1) is 30.7 Å². The predicted octanol–water partition coefficient (Wildman–Crippen LogP) is 2.91. The first-order valence-corrected chi connectivity index (χ1v) is 7.35. The molecular weight excluding hydrogens is 274 g/mol. The largest absolute Gasteiger partial charge is 0.376 e. The lowest BCUT2D eigenvalue weighted by Gasteiger charge is -2.18. The zero-order chi connectivity index (χ0) is 12.7. The summed E-state index contributed by atoms with van der Waals surface area (Å²) in [6.07, 6.45) is 11.4. The highest BCUT2D eigenvalue weighted by Crippen LogP contribution is 2.27. The second-order valence-electron chi connectivity index (χ2n) is 5.66. The maximum Gasteiger partial charge on any atom is 0.107 e. The van der Waals surface area contributed by atoms with Gasteiger partial charge in [0.25, 0.3) is 0 Å². The fraction of sp³-hybridized carbons (Fsp3) is 0.600. The first-order chi connectivity index (χ1) is 9.42. The number of nitrogens with zero attached hydrogens (tertiary/aromatic N) is 3. The van der Waals surface area contributed by atoms with E-state index in [4.69, 9.17) is 4.74 Å². The van der Waals surface area contributed by atoms with Gasteiger partial charge >= 0.3 is 0 Å². The number of fused-ring (bicyclic) bond motifs is 3. The lowest BCUT2D eigenvalue weighted by molar-refractivity contribution is 0.0978. The predicted molar refractivity (Wildman–Crippen MR) is 80.4 cm³/mol. The summed E-state index contributed by atoms with van der Waals surface area (Å²) in [6.45, 7) is 1.85. The summed E-state index contributed by atoms with van der Waals surface area (Å²) in [6, 6.07) is 0. The summed E-state index contributed by atoms with van der Waals surface area (Å²) < 4.78 is 8.04. The van der Waals surface area contributed by atoms with Gasteiger partial charge in [-0.25, -0.2) is 4.98 Å². The van der Waals surface area contributed by atoms with Gasteiger partial charge < -0.3 is 9.30 Å². The lowest BCUT2D eigenvalue weighted by atomic mass is 9.95. The molecule has 3 heterocycles. The Balaban J connectivity index is 0.00000121. The molecule has 1 aliphatic heterocycles. The van der Waals surface area contributed by atoms with Crippen LogP contribution in [0.25, 0.3) is 11.0 Å².